The zero-order chi connectivity index (χ0) is 42.2. The topological polar surface area (TPSA) is 68.3 Å². The Morgan fingerprint density at radius 1 is 0.435 bits per heavy atom. The maximum absolute atomic E-state index is 6.45. The Bertz CT molecular complexity index is 2990. The lowest BCUT2D eigenvalue weighted by atomic mass is 10.2. The first-order valence-electron chi connectivity index (χ1n) is 20.3. The number of rotatable bonds is 11. The molecular weight excluding hydrogens is 769 g/mol. The number of anilines is 2. The summed E-state index contributed by atoms with van der Waals surface area (Å²) in [5, 5.41) is 0. The highest BCUT2D eigenvalue weighted by atomic mass is 16.5. The smallest absolute Gasteiger partial charge is 0.269 e. The lowest BCUT2D eigenvalue weighted by Crippen LogP contribution is -2.29. The fourth-order valence-electron chi connectivity index (χ4n) is 7.56. The number of hydrogen-bond acceptors (Lipinski definition) is 6. The summed E-state index contributed by atoms with van der Waals surface area (Å²) in [7, 11) is 8.17. The molecule has 0 saturated carbocycles. The van der Waals surface area contributed by atoms with E-state index in [2.05, 4.69) is 136 Å². The van der Waals surface area contributed by atoms with Gasteiger partial charge in [-0.3, -0.25) is 28.2 Å². The normalized spacial score (nSPS) is 11.2. The van der Waals surface area contributed by atoms with E-state index in [1.54, 1.807) is 12.4 Å². The van der Waals surface area contributed by atoms with Gasteiger partial charge in [-0.15, -0.1) is 0 Å². The van der Waals surface area contributed by atoms with Crippen molar-refractivity contribution in [3.05, 3.63) is 195 Å². The number of imidazole rings is 2. The van der Waals surface area contributed by atoms with Crippen molar-refractivity contribution in [3.8, 4) is 57.1 Å². The molecule has 10 heteroatoms. The quantitative estimate of drug-likeness (QED) is 0.0958. The van der Waals surface area contributed by atoms with Crippen LogP contribution in [0, 0.1) is 12.7 Å². The Kier molecular flexibility index (Phi) is 9.85. The van der Waals surface area contributed by atoms with Crippen LogP contribution in [0.3, 0.4) is 0 Å². The first-order chi connectivity index (χ1) is 30.3. The predicted molar refractivity (Wildman–Crippen MR) is 244 cm³/mol. The highest BCUT2D eigenvalue weighted by Crippen LogP contribution is 2.30. The van der Waals surface area contributed by atoms with Crippen LogP contribution in [0.15, 0.2) is 182 Å². The Balaban J connectivity index is 0.886. The molecule has 0 aliphatic rings. The molecule has 0 radical (unpaired) electrons. The van der Waals surface area contributed by atoms with Crippen molar-refractivity contribution < 1.29 is 18.6 Å². The first kappa shape index (κ1) is 38.0. The van der Waals surface area contributed by atoms with E-state index >= 15 is 0 Å². The van der Waals surface area contributed by atoms with Gasteiger partial charge in [-0.2, -0.15) is 0 Å². The molecule has 4 aromatic heterocycles. The number of hydrogen-bond donors (Lipinski definition) is 0. The maximum Gasteiger partial charge on any atom is 0.269 e. The van der Waals surface area contributed by atoms with Crippen LogP contribution in [0.2, 0.25) is 0 Å². The minimum absolute atomic E-state index is 0.631. The van der Waals surface area contributed by atoms with Gasteiger partial charge in [0.15, 0.2) is 0 Å². The molecule has 10 aromatic rings. The average molecular weight is 811 g/mol. The van der Waals surface area contributed by atoms with Crippen LogP contribution in [0.25, 0.3) is 56.2 Å². The van der Waals surface area contributed by atoms with Crippen LogP contribution in [0.1, 0.15) is 0 Å². The molecule has 6 aromatic carbocycles. The van der Waals surface area contributed by atoms with Gasteiger partial charge in [-0.25, -0.2) is 0 Å². The van der Waals surface area contributed by atoms with Crippen molar-refractivity contribution in [3.63, 3.8) is 0 Å². The second kappa shape index (κ2) is 16.1. The lowest BCUT2D eigenvalue weighted by molar-refractivity contribution is -0.572. The van der Waals surface area contributed by atoms with Gasteiger partial charge < -0.3 is 19.3 Å². The minimum atomic E-state index is 0.631. The molecule has 0 atom stereocenters. The van der Waals surface area contributed by atoms with E-state index in [0.717, 1.165) is 56.2 Å². The Morgan fingerprint density at radius 3 is 1.26 bits per heavy atom. The van der Waals surface area contributed by atoms with Gasteiger partial charge in [0.1, 0.15) is 23.0 Å². The van der Waals surface area contributed by atoms with Gasteiger partial charge in [0, 0.05) is 64.1 Å². The summed E-state index contributed by atoms with van der Waals surface area (Å²) >= 11 is 0. The van der Waals surface area contributed by atoms with Crippen LogP contribution in [0.5, 0.6) is 23.0 Å². The van der Waals surface area contributed by atoms with E-state index in [4.69, 9.17) is 9.47 Å². The SMILES string of the molecule is CN(C)c1ccc(-n2[c-][n+](-c3cccc(Oc4ccnc(-c5cc(Oc6cccc(-[n+]7[c-]n(-c8ccc(N(C)C)cc8)c8ccccc87)c6)ccn5)c4)c3)c3ccccc32)cc1. The highest BCUT2D eigenvalue weighted by Gasteiger charge is 2.16. The number of para-hydroxylation sites is 4. The van der Waals surface area contributed by atoms with Gasteiger partial charge in [0.05, 0.1) is 56.2 Å². The largest absolute Gasteiger partial charge is 0.458 e. The van der Waals surface area contributed by atoms with E-state index < -0.39 is 0 Å². The van der Waals surface area contributed by atoms with E-state index in [9.17, 15) is 0 Å². The number of nitrogens with zero attached hydrogens (tertiary/aromatic N) is 8. The molecule has 0 spiro atoms. The van der Waals surface area contributed by atoms with Gasteiger partial charge in [-0.1, -0.05) is 60.7 Å². The van der Waals surface area contributed by atoms with E-state index in [1.807, 2.05) is 113 Å². The third-order valence-electron chi connectivity index (χ3n) is 10.7. The third kappa shape index (κ3) is 7.45. The van der Waals surface area contributed by atoms with Crippen LogP contribution in [0.4, 0.5) is 11.4 Å². The van der Waals surface area contributed by atoms with E-state index in [0.29, 0.717) is 34.4 Å². The van der Waals surface area contributed by atoms with Crippen molar-refractivity contribution >= 4 is 33.4 Å². The first-order valence-corrected chi connectivity index (χ1v) is 20.3. The summed E-state index contributed by atoms with van der Waals surface area (Å²) in [5.74, 6) is 2.62. The van der Waals surface area contributed by atoms with Crippen molar-refractivity contribution in [1.29, 1.82) is 0 Å². The van der Waals surface area contributed by atoms with Gasteiger partial charge in [0.2, 0.25) is 0 Å². The standard InChI is InChI=1S/C52H42N8O2/c1-55(2)37-19-23-39(24-20-37)57-35-59(51-17-7-5-15-49(51)57)41-11-9-13-43(31-41)61-45-27-29-53-47(33-45)48-34-46(28-30-54-48)62-44-14-10-12-42(32-44)60-36-58(50-16-6-8-18-52(50)60)40-25-21-38(22-26-40)56(3)4/h5-34H,1-4H3. The van der Waals surface area contributed by atoms with Crippen LogP contribution < -0.4 is 28.4 Å². The molecule has 0 saturated heterocycles. The second-order valence-corrected chi connectivity index (χ2v) is 15.3. The molecule has 0 unspecified atom stereocenters. The number of pyridine rings is 2. The Hall–Kier alpha value is -8.24. The molecule has 0 aliphatic heterocycles. The van der Waals surface area contributed by atoms with Crippen LogP contribution in [-0.4, -0.2) is 47.3 Å². The summed E-state index contributed by atoms with van der Waals surface area (Å²) < 4.78 is 21.2. The predicted octanol–water partition coefficient (Wildman–Crippen LogP) is 9.90. The van der Waals surface area contributed by atoms with Gasteiger partial charge in [0.25, 0.3) is 12.7 Å². The number of aromatic nitrogens is 6. The fourth-order valence-corrected chi connectivity index (χ4v) is 7.56. The number of benzene rings is 6. The molecule has 0 amide bonds. The van der Waals surface area contributed by atoms with Crippen molar-refractivity contribution in [1.82, 2.24) is 19.1 Å². The molecule has 302 valence electrons. The van der Waals surface area contributed by atoms with Crippen LogP contribution >= 0.6 is 0 Å². The van der Waals surface area contributed by atoms with Crippen molar-refractivity contribution in [2.45, 2.75) is 0 Å². The molecule has 62 heavy (non-hydrogen) atoms. The van der Waals surface area contributed by atoms with Gasteiger partial charge >= 0.3 is 0 Å². The maximum atomic E-state index is 6.45. The second-order valence-electron chi connectivity index (χ2n) is 15.3. The molecule has 0 fully saturated rings. The molecule has 10 rings (SSSR count). The zero-order valence-electron chi connectivity index (χ0n) is 34.7. The molecule has 0 N–H and O–H groups in total. The highest BCUT2D eigenvalue weighted by molar-refractivity contribution is 5.76. The summed E-state index contributed by atoms with van der Waals surface area (Å²) in [6.45, 7) is 0. The van der Waals surface area contributed by atoms with Crippen molar-refractivity contribution in [2.24, 2.45) is 0 Å². The minimum Gasteiger partial charge on any atom is -0.458 e. The third-order valence-corrected chi connectivity index (χ3v) is 10.7. The van der Waals surface area contributed by atoms with E-state index in [1.165, 1.54) is 0 Å². The fraction of sp³-hybridized carbons (Fsp3) is 0.0769. The molecule has 0 bridgehead atoms. The van der Waals surface area contributed by atoms with Gasteiger partial charge in [-0.05, 0) is 97.1 Å². The Morgan fingerprint density at radius 2 is 0.839 bits per heavy atom. The molecular formula is C52H42N8O2. The molecule has 4 heterocycles. The average Bonchev–Trinajstić information content (AvgIpc) is 3.89. The van der Waals surface area contributed by atoms with E-state index in [-0.39, 0.29) is 0 Å². The molecule has 10 nitrogen and oxygen atoms in total. The summed E-state index contributed by atoms with van der Waals surface area (Å²) in [6.07, 6.45) is 10.6. The summed E-state index contributed by atoms with van der Waals surface area (Å²) in [6, 6.07) is 57.0. The Labute approximate surface area is 360 Å². The lowest BCUT2D eigenvalue weighted by Gasteiger charge is -2.13. The van der Waals surface area contributed by atoms with Crippen LogP contribution in [-0.2, 0) is 0 Å². The zero-order valence-corrected chi connectivity index (χ0v) is 34.7. The molecule has 0 aliphatic carbocycles. The van der Waals surface area contributed by atoms with Crippen molar-refractivity contribution in [2.75, 3.05) is 38.0 Å². The number of fused-ring (bicyclic) bond motifs is 2. The summed E-state index contributed by atoms with van der Waals surface area (Å²) in [5.41, 5.74) is 11.6. The monoisotopic (exact) mass is 810 g/mol. The summed E-state index contributed by atoms with van der Waals surface area (Å²) in [4.78, 5) is 13.5. The number of ether oxygens (including phenoxy) is 2.